The maximum absolute atomic E-state index is 12.7. The zero-order valence-corrected chi connectivity index (χ0v) is 13.9. The Bertz CT molecular complexity index is 396. The molecule has 0 bridgehead atoms. The van der Waals surface area contributed by atoms with Gasteiger partial charge >= 0.3 is 0 Å². The Morgan fingerprint density at radius 1 is 1.29 bits per heavy atom. The highest BCUT2D eigenvalue weighted by Gasteiger charge is 2.41. The van der Waals surface area contributed by atoms with Gasteiger partial charge in [-0.3, -0.25) is 9.59 Å². The van der Waals surface area contributed by atoms with Crippen molar-refractivity contribution < 1.29 is 9.59 Å². The van der Waals surface area contributed by atoms with Crippen LogP contribution in [0, 0.1) is 17.8 Å². The van der Waals surface area contributed by atoms with Gasteiger partial charge in [0.1, 0.15) is 12.1 Å². The Morgan fingerprint density at radius 3 is 2.62 bits per heavy atom. The predicted octanol–water partition coefficient (Wildman–Crippen LogP) is 2.57. The van der Waals surface area contributed by atoms with Crippen LogP contribution in [0.5, 0.6) is 0 Å². The van der Waals surface area contributed by atoms with E-state index in [1.165, 1.54) is 25.7 Å². The number of carbonyl (C=O) groups is 2. The van der Waals surface area contributed by atoms with Gasteiger partial charge in [0, 0.05) is 6.54 Å². The van der Waals surface area contributed by atoms with Crippen LogP contribution in [0.3, 0.4) is 0 Å². The average molecular weight is 294 g/mol. The number of rotatable bonds is 4. The first-order valence-corrected chi connectivity index (χ1v) is 8.54. The fourth-order valence-electron chi connectivity index (χ4n) is 3.72. The lowest BCUT2D eigenvalue weighted by molar-refractivity contribution is -0.151. The number of nitrogens with one attached hydrogen (secondary N) is 1. The quantitative estimate of drug-likeness (QED) is 0.866. The molecule has 0 aromatic heterocycles. The number of hydrogen-bond donors (Lipinski definition) is 1. The Hall–Kier alpha value is -1.06. The third-order valence-electron chi connectivity index (χ3n) is 5.41. The zero-order valence-electron chi connectivity index (χ0n) is 13.9. The van der Waals surface area contributed by atoms with Crippen molar-refractivity contribution in [2.24, 2.45) is 17.8 Å². The first-order valence-electron chi connectivity index (χ1n) is 8.54. The summed E-state index contributed by atoms with van der Waals surface area (Å²) in [4.78, 5) is 26.8. The molecule has 5 atom stereocenters. The van der Waals surface area contributed by atoms with Crippen LogP contribution < -0.4 is 5.32 Å². The molecule has 0 aromatic carbocycles. The van der Waals surface area contributed by atoms with Crippen LogP contribution in [0.15, 0.2) is 0 Å². The summed E-state index contributed by atoms with van der Waals surface area (Å²) in [5.74, 6) is 1.63. The number of hydrogen-bond acceptors (Lipinski definition) is 2. The number of piperazine rings is 1. The standard InChI is InChI=1S/C17H30N2O2/c1-5-12(3)15-17(21)19(13(4)16(20)18-15)10-14-8-6-7-11(2)9-14/h11-15H,5-10H2,1-4H3,(H,18,20). The van der Waals surface area contributed by atoms with Gasteiger partial charge in [-0.1, -0.05) is 40.0 Å². The molecule has 21 heavy (non-hydrogen) atoms. The van der Waals surface area contributed by atoms with Gasteiger partial charge in [0.2, 0.25) is 11.8 Å². The zero-order chi connectivity index (χ0) is 15.6. The van der Waals surface area contributed by atoms with Gasteiger partial charge in [0.15, 0.2) is 0 Å². The van der Waals surface area contributed by atoms with E-state index in [4.69, 9.17) is 0 Å². The van der Waals surface area contributed by atoms with E-state index in [2.05, 4.69) is 19.2 Å². The molecule has 1 N–H and O–H groups in total. The van der Waals surface area contributed by atoms with E-state index in [0.717, 1.165) is 18.9 Å². The van der Waals surface area contributed by atoms with Crippen LogP contribution >= 0.6 is 0 Å². The van der Waals surface area contributed by atoms with E-state index in [1.807, 2.05) is 18.7 Å². The highest BCUT2D eigenvalue weighted by molar-refractivity contribution is 5.96. The maximum atomic E-state index is 12.7. The Balaban J connectivity index is 2.07. The SMILES string of the molecule is CCC(C)C1NC(=O)C(C)N(CC2CCCC(C)C2)C1=O. The van der Waals surface area contributed by atoms with Crippen molar-refractivity contribution in [3.05, 3.63) is 0 Å². The van der Waals surface area contributed by atoms with Crippen molar-refractivity contribution in [1.82, 2.24) is 10.2 Å². The van der Waals surface area contributed by atoms with E-state index in [-0.39, 0.29) is 29.8 Å². The molecule has 2 rings (SSSR count). The molecular formula is C17H30N2O2. The topological polar surface area (TPSA) is 49.4 Å². The van der Waals surface area contributed by atoms with Crippen LogP contribution in [-0.2, 0) is 9.59 Å². The van der Waals surface area contributed by atoms with Gasteiger partial charge < -0.3 is 10.2 Å². The predicted molar refractivity (Wildman–Crippen MR) is 83.7 cm³/mol. The number of nitrogens with zero attached hydrogens (tertiary/aromatic N) is 1. The van der Waals surface area contributed by atoms with Crippen molar-refractivity contribution in [2.45, 2.75) is 71.9 Å². The summed E-state index contributed by atoms with van der Waals surface area (Å²) < 4.78 is 0. The van der Waals surface area contributed by atoms with Gasteiger partial charge in [-0.25, -0.2) is 0 Å². The van der Waals surface area contributed by atoms with E-state index in [1.54, 1.807) is 0 Å². The largest absolute Gasteiger partial charge is 0.342 e. The van der Waals surface area contributed by atoms with Crippen LogP contribution in [0.25, 0.3) is 0 Å². The second-order valence-corrected chi connectivity index (χ2v) is 7.18. The summed E-state index contributed by atoms with van der Waals surface area (Å²) in [5.41, 5.74) is 0. The molecule has 1 heterocycles. The van der Waals surface area contributed by atoms with E-state index in [9.17, 15) is 9.59 Å². The summed E-state index contributed by atoms with van der Waals surface area (Å²) in [6.45, 7) is 9.01. The van der Waals surface area contributed by atoms with Crippen LogP contribution in [0.1, 0.15) is 59.8 Å². The second kappa shape index (κ2) is 6.80. The molecule has 0 radical (unpaired) electrons. The summed E-state index contributed by atoms with van der Waals surface area (Å²) in [5, 5.41) is 2.91. The minimum absolute atomic E-state index is 0.00348. The Labute approximate surface area is 128 Å². The summed E-state index contributed by atoms with van der Waals surface area (Å²) in [7, 11) is 0. The molecule has 0 spiro atoms. The van der Waals surface area contributed by atoms with Crippen LogP contribution in [-0.4, -0.2) is 35.3 Å². The molecule has 4 heteroatoms. The fraction of sp³-hybridized carbons (Fsp3) is 0.882. The maximum Gasteiger partial charge on any atom is 0.246 e. The molecule has 5 unspecified atom stereocenters. The molecular weight excluding hydrogens is 264 g/mol. The van der Waals surface area contributed by atoms with Gasteiger partial charge in [-0.05, 0) is 37.5 Å². The molecule has 120 valence electrons. The van der Waals surface area contributed by atoms with Crippen LogP contribution in [0.4, 0.5) is 0 Å². The summed E-state index contributed by atoms with van der Waals surface area (Å²) in [6, 6.07) is -0.658. The van der Waals surface area contributed by atoms with Crippen molar-refractivity contribution in [3.8, 4) is 0 Å². The number of carbonyl (C=O) groups excluding carboxylic acids is 2. The van der Waals surface area contributed by atoms with E-state index < -0.39 is 0 Å². The lowest BCUT2D eigenvalue weighted by atomic mass is 9.81. The number of amides is 2. The Kier molecular flexibility index (Phi) is 5.28. The highest BCUT2D eigenvalue weighted by Crippen LogP contribution is 2.30. The normalized spacial score (nSPS) is 35.5. The lowest BCUT2D eigenvalue weighted by Crippen LogP contribution is -2.64. The minimum Gasteiger partial charge on any atom is -0.342 e. The molecule has 1 aliphatic carbocycles. The lowest BCUT2D eigenvalue weighted by Gasteiger charge is -2.42. The van der Waals surface area contributed by atoms with Gasteiger partial charge in [0.05, 0.1) is 0 Å². The van der Waals surface area contributed by atoms with Gasteiger partial charge in [-0.2, -0.15) is 0 Å². The molecule has 2 amide bonds. The molecule has 1 aliphatic heterocycles. The van der Waals surface area contributed by atoms with E-state index in [0.29, 0.717) is 5.92 Å². The van der Waals surface area contributed by atoms with Crippen molar-refractivity contribution in [3.63, 3.8) is 0 Å². The third-order valence-corrected chi connectivity index (χ3v) is 5.41. The van der Waals surface area contributed by atoms with E-state index >= 15 is 0 Å². The molecule has 4 nitrogen and oxygen atoms in total. The van der Waals surface area contributed by atoms with Crippen molar-refractivity contribution >= 4 is 11.8 Å². The molecule has 1 saturated carbocycles. The first-order chi connectivity index (χ1) is 9.93. The van der Waals surface area contributed by atoms with Gasteiger partial charge in [0.25, 0.3) is 0 Å². The third kappa shape index (κ3) is 3.58. The first kappa shape index (κ1) is 16.3. The monoisotopic (exact) mass is 294 g/mol. The molecule has 0 aromatic rings. The summed E-state index contributed by atoms with van der Waals surface area (Å²) >= 11 is 0. The smallest absolute Gasteiger partial charge is 0.246 e. The van der Waals surface area contributed by atoms with Crippen LogP contribution in [0.2, 0.25) is 0 Å². The molecule has 2 fully saturated rings. The summed E-state index contributed by atoms with van der Waals surface area (Å²) in [6.07, 6.45) is 5.83. The Morgan fingerprint density at radius 2 is 2.00 bits per heavy atom. The second-order valence-electron chi connectivity index (χ2n) is 7.18. The molecule has 2 aliphatic rings. The van der Waals surface area contributed by atoms with Crippen molar-refractivity contribution in [1.29, 1.82) is 0 Å². The highest BCUT2D eigenvalue weighted by atomic mass is 16.2. The van der Waals surface area contributed by atoms with Crippen molar-refractivity contribution in [2.75, 3.05) is 6.54 Å². The average Bonchev–Trinajstić information content (AvgIpc) is 2.46. The van der Waals surface area contributed by atoms with Gasteiger partial charge in [-0.15, -0.1) is 0 Å². The fourth-order valence-corrected chi connectivity index (χ4v) is 3.72. The molecule has 1 saturated heterocycles. The minimum atomic E-state index is -0.334.